The molecule has 0 atom stereocenters. The molecule has 3 aromatic heterocycles. The van der Waals surface area contributed by atoms with Gasteiger partial charge in [0.2, 0.25) is 5.91 Å². The number of fused-ring (bicyclic) bond motifs is 2. The van der Waals surface area contributed by atoms with E-state index in [1.165, 1.54) is 6.92 Å². The first-order chi connectivity index (χ1) is 13.7. The van der Waals surface area contributed by atoms with Crippen LogP contribution in [-0.4, -0.2) is 25.8 Å². The second-order valence-corrected chi connectivity index (χ2v) is 6.45. The fourth-order valence-electron chi connectivity index (χ4n) is 3.13. The number of amides is 1. The van der Waals surface area contributed by atoms with Gasteiger partial charge in [0.1, 0.15) is 5.52 Å². The number of aromatic amines is 1. The summed E-state index contributed by atoms with van der Waals surface area (Å²) in [6, 6.07) is 15.4. The number of nitrogens with one attached hydrogen (secondary N) is 2. The summed E-state index contributed by atoms with van der Waals surface area (Å²) >= 11 is 0. The average Bonchev–Trinajstić information content (AvgIpc) is 3.31. The first-order valence-corrected chi connectivity index (χ1v) is 8.74. The molecule has 0 unspecified atom stereocenters. The van der Waals surface area contributed by atoms with Crippen molar-refractivity contribution < 1.29 is 9.21 Å². The molecule has 0 fully saturated rings. The number of carbonyl (C=O) groups excluding carboxylic acids is 1. The highest BCUT2D eigenvalue weighted by atomic mass is 16.3. The SMILES string of the molecule is CC(=O)Nc1cncc(-c2ccc3nc(-c4nc5ccccc5[nH]4)oc3c2)c1. The van der Waals surface area contributed by atoms with Gasteiger partial charge in [0, 0.05) is 18.7 Å². The van der Waals surface area contributed by atoms with Crippen LogP contribution in [0.4, 0.5) is 5.69 Å². The molecule has 28 heavy (non-hydrogen) atoms. The molecule has 0 bridgehead atoms. The monoisotopic (exact) mass is 369 g/mol. The molecule has 5 rings (SSSR count). The topological polar surface area (TPSA) is 96.7 Å². The van der Waals surface area contributed by atoms with E-state index in [0.29, 0.717) is 23.0 Å². The lowest BCUT2D eigenvalue weighted by Crippen LogP contribution is -2.05. The number of carbonyl (C=O) groups is 1. The highest BCUT2D eigenvalue weighted by Gasteiger charge is 2.13. The Labute approximate surface area is 159 Å². The number of H-pyrrole nitrogens is 1. The third-order valence-corrected chi connectivity index (χ3v) is 4.37. The summed E-state index contributed by atoms with van der Waals surface area (Å²) in [4.78, 5) is 27.8. The van der Waals surface area contributed by atoms with E-state index in [2.05, 4.69) is 25.3 Å². The number of rotatable bonds is 3. The van der Waals surface area contributed by atoms with Crippen LogP contribution in [0.1, 0.15) is 6.92 Å². The van der Waals surface area contributed by atoms with Crippen molar-refractivity contribution in [3.05, 3.63) is 60.9 Å². The van der Waals surface area contributed by atoms with E-state index >= 15 is 0 Å². The number of benzene rings is 2. The van der Waals surface area contributed by atoms with E-state index < -0.39 is 0 Å². The van der Waals surface area contributed by atoms with Crippen LogP contribution in [0.2, 0.25) is 0 Å². The van der Waals surface area contributed by atoms with Gasteiger partial charge in [0.25, 0.3) is 5.89 Å². The zero-order chi connectivity index (χ0) is 19.1. The van der Waals surface area contributed by atoms with E-state index in [1.807, 2.05) is 48.5 Å². The number of oxazole rings is 1. The minimum absolute atomic E-state index is 0.139. The summed E-state index contributed by atoms with van der Waals surface area (Å²) in [7, 11) is 0. The van der Waals surface area contributed by atoms with Gasteiger partial charge in [0.15, 0.2) is 11.4 Å². The predicted octanol–water partition coefficient (Wildman–Crippen LogP) is 4.39. The summed E-state index contributed by atoms with van der Waals surface area (Å²) in [5.41, 5.74) is 5.62. The summed E-state index contributed by atoms with van der Waals surface area (Å²) in [6.45, 7) is 1.47. The van der Waals surface area contributed by atoms with Crippen LogP contribution in [0.3, 0.4) is 0 Å². The van der Waals surface area contributed by atoms with Crippen LogP contribution in [0.15, 0.2) is 65.3 Å². The molecule has 2 N–H and O–H groups in total. The van der Waals surface area contributed by atoms with E-state index in [4.69, 9.17) is 4.42 Å². The minimum atomic E-state index is -0.139. The van der Waals surface area contributed by atoms with Gasteiger partial charge in [-0.3, -0.25) is 9.78 Å². The molecule has 0 aliphatic carbocycles. The van der Waals surface area contributed by atoms with Gasteiger partial charge in [-0.15, -0.1) is 0 Å². The second-order valence-electron chi connectivity index (χ2n) is 6.45. The van der Waals surface area contributed by atoms with Crippen molar-refractivity contribution >= 4 is 33.7 Å². The van der Waals surface area contributed by atoms with Crippen LogP contribution in [0, 0.1) is 0 Å². The normalized spacial score (nSPS) is 11.2. The molecule has 0 aliphatic heterocycles. The van der Waals surface area contributed by atoms with Gasteiger partial charge < -0.3 is 14.7 Å². The molecule has 0 saturated carbocycles. The Morgan fingerprint density at radius 1 is 1.00 bits per heavy atom. The maximum atomic E-state index is 11.3. The standard InChI is InChI=1S/C21H15N5O2/c1-12(27)23-15-8-14(10-22-11-15)13-6-7-18-19(9-13)28-21(26-18)20-24-16-4-2-3-5-17(16)25-20/h2-11H,1H3,(H,23,27)(H,24,25). The van der Waals surface area contributed by atoms with Crippen molar-refractivity contribution in [2.45, 2.75) is 6.92 Å². The van der Waals surface area contributed by atoms with Crippen LogP contribution in [0.25, 0.3) is 45.0 Å². The lowest BCUT2D eigenvalue weighted by molar-refractivity contribution is -0.114. The molecule has 3 heterocycles. The molecule has 0 saturated heterocycles. The number of imidazole rings is 1. The van der Waals surface area contributed by atoms with Crippen LogP contribution < -0.4 is 5.32 Å². The number of hydrogen-bond acceptors (Lipinski definition) is 5. The van der Waals surface area contributed by atoms with Crippen molar-refractivity contribution in [1.29, 1.82) is 0 Å². The lowest BCUT2D eigenvalue weighted by atomic mass is 10.1. The number of anilines is 1. The maximum absolute atomic E-state index is 11.3. The van der Waals surface area contributed by atoms with Crippen molar-refractivity contribution in [3.8, 4) is 22.8 Å². The van der Waals surface area contributed by atoms with Gasteiger partial charge in [-0.2, -0.15) is 0 Å². The number of nitrogens with zero attached hydrogens (tertiary/aromatic N) is 3. The molecule has 5 aromatic rings. The maximum Gasteiger partial charge on any atom is 0.264 e. The molecule has 1 amide bonds. The molecule has 136 valence electrons. The number of pyridine rings is 1. The van der Waals surface area contributed by atoms with Crippen LogP contribution in [0.5, 0.6) is 0 Å². The van der Waals surface area contributed by atoms with E-state index in [0.717, 1.165) is 27.7 Å². The summed E-state index contributed by atoms with van der Waals surface area (Å²) in [6.07, 6.45) is 3.35. The number of para-hydroxylation sites is 2. The Morgan fingerprint density at radius 3 is 2.75 bits per heavy atom. The third-order valence-electron chi connectivity index (χ3n) is 4.37. The fourth-order valence-corrected chi connectivity index (χ4v) is 3.13. The van der Waals surface area contributed by atoms with Crippen LogP contribution in [-0.2, 0) is 4.79 Å². The Bertz CT molecular complexity index is 1300. The van der Waals surface area contributed by atoms with Gasteiger partial charge in [-0.25, -0.2) is 9.97 Å². The Morgan fingerprint density at radius 2 is 1.89 bits per heavy atom. The highest BCUT2D eigenvalue weighted by Crippen LogP contribution is 2.29. The molecule has 0 spiro atoms. The second kappa shape index (κ2) is 6.31. The van der Waals surface area contributed by atoms with E-state index in [9.17, 15) is 4.79 Å². The van der Waals surface area contributed by atoms with Crippen LogP contribution >= 0.6 is 0 Å². The summed E-state index contributed by atoms with van der Waals surface area (Å²) in [5, 5.41) is 2.74. The van der Waals surface area contributed by atoms with Gasteiger partial charge in [0.05, 0.1) is 22.9 Å². The third kappa shape index (κ3) is 2.88. The Hall–Kier alpha value is -4.00. The number of hydrogen-bond donors (Lipinski definition) is 2. The van der Waals surface area contributed by atoms with Gasteiger partial charge >= 0.3 is 0 Å². The molecular formula is C21H15N5O2. The zero-order valence-electron chi connectivity index (χ0n) is 14.9. The van der Waals surface area contributed by atoms with Crippen molar-refractivity contribution in [2.75, 3.05) is 5.32 Å². The molecular weight excluding hydrogens is 354 g/mol. The molecule has 0 aliphatic rings. The molecule has 7 nitrogen and oxygen atoms in total. The summed E-state index contributed by atoms with van der Waals surface area (Å²) in [5.74, 6) is 0.891. The quantitative estimate of drug-likeness (QED) is 0.491. The summed E-state index contributed by atoms with van der Waals surface area (Å²) < 4.78 is 5.95. The largest absolute Gasteiger partial charge is 0.434 e. The van der Waals surface area contributed by atoms with Crippen molar-refractivity contribution in [2.24, 2.45) is 0 Å². The smallest absolute Gasteiger partial charge is 0.264 e. The van der Waals surface area contributed by atoms with Gasteiger partial charge in [-0.05, 0) is 35.9 Å². The van der Waals surface area contributed by atoms with Crippen molar-refractivity contribution in [1.82, 2.24) is 19.9 Å². The Kier molecular flexibility index (Phi) is 3.65. The molecule has 0 radical (unpaired) electrons. The first kappa shape index (κ1) is 16.2. The lowest BCUT2D eigenvalue weighted by Gasteiger charge is -2.05. The molecule has 2 aromatic carbocycles. The highest BCUT2D eigenvalue weighted by molar-refractivity contribution is 5.90. The van der Waals surface area contributed by atoms with E-state index in [-0.39, 0.29) is 5.91 Å². The minimum Gasteiger partial charge on any atom is -0.434 e. The Balaban J connectivity index is 1.54. The average molecular weight is 369 g/mol. The number of aromatic nitrogens is 4. The van der Waals surface area contributed by atoms with E-state index in [1.54, 1.807) is 12.4 Å². The van der Waals surface area contributed by atoms with Gasteiger partial charge in [-0.1, -0.05) is 18.2 Å². The molecule has 7 heteroatoms. The van der Waals surface area contributed by atoms with Crippen molar-refractivity contribution in [3.63, 3.8) is 0 Å². The predicted molar refractivity (Wildman–Crippen MR) is 107 cm³/mol. The zero-order valence-corrected chi connectivity index (χ0v) is 14.9. The fraction of sp³-hybridized carbons (Fsp3) is 0.0476. The first-order valence-electron chi connectivity index (χ1n) is 8.74.